The highest BCUT2D eigenvalue weighted by Gasteiger charge is 2.20. The summed E-state index contributed by atoms with van der Waals surface area (Å²) in [4.78, 5) is 0. The fourth-order valence-electron chi connectivity index (χ4n) is 2.07. The van der Waals surface area contributed by atoms with Crippen LogP contribution in [-0.2, 0) is 4.74 Å². The van der Waals surface area contributed by atoms with Gasteiger partial charge in [-0.2, -0.15) is 0 Å². The van der Waals surface area contributed by atoms with Crippen LogP contribution in [0, 0.1) is 0 Å². The molecule has 0 spiro atoms. The van der Waals surface area contributed by atoms with E-state index in [1.807, 2.05) is 0 Å². The molecule has 2 aliphatic rings. The summed E-state index contributed by atoms with van der Waals surface area (Å²) in [6.45, 7) is 5.26. The summed E-state index contributed by atoms with van der Waals surface area (Å²) >= 11 is 0. The minimum Gasteiger partial charge on any atom is -0.377 e. The van der Waals surface area contributed by atoms with Gasteiger partial charge in [0.05, 0.1) is 13.2 Å². The van der Waals surface area contributed by atoms with Gasteiger partial charge in [0, 0.05) is 6.04 Å². The van der Waals surface area contributed by atoms with E-state index in [0.29, 0.717) is 6.04 Å². The monoisotopic (exact) mass is 167 g/mol. The molecule has 2 heterocycles. The Morgan fingerprint density at radius 3 is 3.08 bits per heavy atom. The van der Waals surface area contributed by atoms with Gasteiger partial charge in [0.25, 0.3) is 0 Å². The van der Waals surface area contributed by atoms with Crippen molar-refractivity contribution in [2.45, 2.75) is 32.2 Å². The summed E-state index contributed by atoms with van der Waals surface area (Å²) in [7, 11) is 0. The topological polar surface area (TPSA) is 21.3 Å². The first-order chi connectivity index (χ1) is 5.88. The Morgan fingerprint density at radius 1 is 1.58 bits per heavy atom. The second-order valence-electron chi connectivity index (χ2n) is 3.74. The van der Waals surface area contributed by atoms with Crippen molar-refractivity contribution in [2.75, 3.05) is 19.8 Å². The molecule has 2 fully saturated rings. The molecule has 0 bridgehead atoms. The second-order valence-corrected chi connectivity index (χ2v) is 3.74. The quantitative estimate of drug-likeness (QED) is 0.597. The average molecular weight is 167 g/mol. The molecule has 2 heteroatoms. The van der Waals surface area contributed by atoms with Crippen molar-refractivity contribution < 1.29 is 4.74 Å². The van der Waals surface area contributed by atoms with Crippen molar-refractivity contribution in [1.82, 2.24) is 5.32 Å². The van der Waals surface area contributed by atoms with Crippen LogP contribution in [0.5, 0.6) is 0 Å². The van der Waals surface area contributed by atoms with E-state index in [0.717, 1.165) is 19.6 Å². The Kier molecular flexibility index (Phi) is 2.47. The van der Waals surface area contributed by atoms with E-state index in [9.17, 15) is 0 Å². The zero-order valence-corrected chi connectivity index (χ0v) is 7.73. The second kappa shape index (κ2) is 3.58. The molecule has 0 aliphatic carbocycles. The van der Waals surface area contributed by atoms with Crippen LogP contribution < -0.4 is 5.32 Å². The van der Waals surface area contributed by atoms with Crippen molar-refractivity contribution >= 4 is 0 Å². The molecule has 0 amide bonds. The third kappa shape index (κ3) is 1.54. The Bertz CT molecular complexity index is 184. The predicted molar refractivity (Wildman–Crippen MR) is 49.2 cm³/mol. The minimum absolute atomic E-state index is 0.654. The van der Waals surface area contributed by atoms with Crippen LogP contribution in [-0.4, -0.2) is 25.8 Å². The van der Waals surface area contributed by atoms with Gasteiger partial charge in [0.15, 0.2) is 0 Å². The maximum atomic E-state index is 5.35. The largest absolute Gasteiger partial charge is 0.377 e. The first-order valence-electron chi connectivity index (χ1n) is 4.87. The van der Waals surface area contributed by atoms with E-state index in [1.165, 1.54) is 25.0 Å². The van der Waals surface area contributed by atoms with Gasteiger partial charge >= 0.3 is 0 Å². The number of hydrogen-bond donors (Lipinski definition) is 1. The lowest BCUT2D eigenvalue weighted by Gasteiger charge is -2.13. The molecule has 2 nitrogen and oxygen atoms in total. The third-order valence-corrected chi connectivity index (χ3v) is 2.97. The molecule has 2 rings (SSSR count). The van der Waals surface area contributed by atoms with Gasteiger partial charge in [-0.3, -0.25) is 0 Å². The van der Waals surface area contributed by atoms with Crippen molar-refractivity contribution in [1.29, 1.82) is 0 Å². The van der Waals surface area contributed by atoms with Crippen molar-refractivity contribution in [2.24, 2.45) is 0 Å². The van der Waals surface area contributed by atoms with Crippen LogP contribution in [0.25, 0.3) is 0 Å². The fraction of sp³-hybridized carbons (Fsp3) is 0.800. The minimum atomic E-state index is 0.654. The van der Waals surface area contributed by atoms with Crippen molar-refractivity contribution in [3.8, 4) is 0 Å². The maximum Gasteiger partial charge on any atom is 0.0680 e. The highest BCUT2D eigenvalue weighted by atomic mass is 16.5. The van der Waals surface area contributed by atoms with E-state index in [-0.39, 0.29) is 0 Å². The summed E-state index contributed by atoms with van der Waals surface area (Å²) in [5.74, 6) is 0. The zero-order chi connectivity index (χ0) is 8.39. The van der Waals surface area contributed by atoms with Crippen LogP contribution >= 0.6 is 0 Å². The summed E-state index contributed by atoms with van der Waals surface area (Å²) < 4.78 is 5.35. The Labute approximate surface area is 74.0 Å². The first-order valence-corrected chi connectivity index (χ1v) is 4.87. The Morgan fingerprint density at radius 2 is 2.50 bits per heavy atom. The van der Waals surface area contributed by atoms with Gasteiger partial charge in [0.1, 0.15) is 0 Å². The van der Waals surface area contributed by atoms with E-state index in [4.69, 9.17) is 4.74 Å². The highest BCUT2D eigenvalue weighted by molar-refractivity contribution is 5.21. The van der Waals surface area contributed by atoms with E-state index in [1.54, 1.807) is 5.57 Å². The number of nitrogens with one attached hydrogen (secondary N) is 1. The number of hydrogen-bond acceptors (Lipinski definition) is 2. The molecular weight excluding hydrogens is 150 g/mol. The highest BCUT2D eigenvalue weighted by Crippen LogP contribution is 2.22. The lowest BCUT2D eigenvalue weighted by atomic mass is 10.0. The van der Waals surface area contributed by atoms with Crippen LogP contribution in [0.15, 0.2) is 11.1 Å². The maximum absolute atomic E-state index is 5.35. The summed E-state index contributed by atoms with van der Waals surface area (Å²) in [5, 5.41) is 3.52. The normalized spacial score (nSPS) is 34.2. The summed E-state index contributed by atoms with van der Waals surface area (Å²) in [6.07, 6.45) is 3.80. The molecule has 1 unspecified atom stereocenters. The SMILES string of the molecule is C/C(=C1/CCOC1)C1CCCN1. The van der Waals surface area contributed by atoms with Gasteiger partial charge in [-0.05, 0) is 38.3 Å². The standard InChI is InChI=1S/C10H17NO/c1-8(9-4-6-12-7-9)10-3-2-5-11-10/h10-11H,2-7H2,1H3/b9-8+. The molecule has 1 N–H and O–H groups in total. The smallest absolute Gasteiger partial charge is 0.0680 e. The van der Waals surface area contributed by atoms with E-state index >= 15 is 0 Å². The third-order valence-electron chi connectivity index (χ3n) is 2.97. The Balaban J connectivity index is 2.05. The van der Waals surface area contributed by atoms with Gasteiger partial charge in [-0.1, -0.05) is 5.57 Å². The molecule has 68 valence electrons. The first kappa shape index (κ1) is 8.27. The molecule has 2 aliphatic heterocycles. The molecule has 0 aromatic rings. The van der Waals surface area contributed by atoms with E-state index < -0.39 is 0 Å². The van der Waals surface area contributed by atoms with Gasteiger partial charge < -0.3 is 10.1 Å². The van der Waals surface area contributed by atoms with Crippen LogP contribution in [0.4, 0.5) is 0 Å². The molecule has 0 aromatic heterocycles. The molecule has 0 aromatic carbocycles. The van der Waals surface area contributed by atoms with E-state index in [2.05, 4.69) is 12.2 Å². The molecule has 0 saturated carbocycles. The molecular formula is C10H17NO. The molecule has 12 heavy (non-hydrogen) atoms. The molecule has 1 atom stereocenters. The van der Waals surface area contributed by atoms with Gasteiger partial charge in [-0.25, -0.2) is 0 Å². The fourth-order valence-corrected chi connectivity index (χ4v) is 2.07. The van der Waals surface area contributed by atoms with Gasteiger partial charge in [-0.15, -0.1) is 0 Å². The van der Waals surface area contributed by atoms with Crippen LogP contribution in [0.2, 0.25) is 0 Å². The molecule has 2 saturated heterocycles. The Hall–Kier alpha value is -0.340. The summed E-state index contributed by atoms with van der Waals surface area (Å²) in [5.41, 5.74) is 3.08. The lowest BCUT2D eigenvalue weighted by molar-refractivity contribution is 0.204. The van der Waals surface area contributed by atoms with Crippen molar-refractivity contribution in [3.63, 3.8) is 0 Å². The zero-order valence-electron chi connectivity index (χ0n) is 7.73. The lowest BCUT2D eigenvalue weighted by Crippen LogP contribution is -2.23. The van der Waals surface area contributed by atoms with Crippen LogP contribution in [0.3, 0.4) is 0 Å². The number of ether oxygens (including phenoxy) is 1. The number of rotatable bonds is 1. The molecule has 0 radical (unpaired) electrons. The average Bonchev–Trinajstić information content (AvgIpc) is 2.77. The van der Waals surface area contributed by atoms with Gasteiger partial charge in [0.2, 0.25) is 0 Å². The van der Waals surface area contributed by atoms with Crippen molar-refractivity contribution in [3.05, 3.63) is 11.1 Å². The predicted octanol–water partition coefficient (Wildman–Crippen LogP) is 1.48. The summed E-state index contributed by atoms with van der Waals surface area (Å²) in [6, 6.07) is 0.654. The van der Waals surface area contributed by atoms with Crippen LogP contribution in [0.1, 0.15) is 26.2 Å².